The second kappa shape index (κ2) is 11.3. The Morgan fingerprint density at radius 1 is 0.875 bits per heavy atom. The number of hydrogen-bond donors (Lipinski definition) is 2. The molecule has 0 aliphatic rings. The van der Waals surface area contributed by atoms with Crippen molar-refractivity contribution in [2.75, 3.05) is 28.4 Å². The second-order valence-corrected chi connectivity index (χ2v) is 8.91. The maximum Gasteiger partial charge on any atom is 0.244 e. The summed E-state index contributed by atoms with van der Waals surface area (Å²) < 4.78 is 23.5. The Balaban J connectivity index is 1.39. The Bertz CT molecular complexity index is 1720. The minimum absolute atomic E-state index is 0.0717. The third kappa shape index (κ3) is 4.96. The first-order valence-corrected chi connectivity index (χ1v) is 12.5. The number of carbonyl (C=O) groups is 1. The van der Waals surface area contributed by atoms with E-state index >= 15 is 0 Å². The Morgan fingerprint density at radius 2 is 1.60 bits per heavy atom. The third-order valence-corrected chi connectivity index (χ3v) is 6.60. The Labute approximate surface area is 231 Å². The summed E-state index contributed by atoms with van der Waals surface area (Å²) in [6.45, 7) is 0.251. The van der Waals surface area contributed by atoms with Crippen LogP contribution < -0.4 is 24.3 Å². The first kappa shape index (κ1) is 26.4. The van der Waals surface area contributed by atoms with Gasteiger partial charge in [0, 0.05) is 22.9 Å². The van der Waals surface area contributed by atoms with Gasteiger partial charge in [0.05, 0.1) is 63.6 Å². The van der Waals surface area contributed by atoms with E-state index in [9.17, 15) is 9.90 Å². The first-order chi connectivity index (χ1) is 19.5. The molecular formula is C31H29N3O6. The third-order valence-electron chi connectivity index (χ3n) is 6.60. The van der Waals surface area contributed by atoms with Crippen molar-refractivity contribution in [3.8, 4) is 34.4 Å². The van der Waals surface area contributed by atoms with Crippen molar-refractivity contribution in [2.24, 2.45) is 0 Å². The molecule has 2 aromatic heterocycles. The Morgan fingerprint density at radius 3 is 2.30 bits per heavy atom. The van der Waals surface area contributed by atoms with Crippen LogP contribution in [0.2, 0.25) is 0 Å². The summed E-state index contributed by atoms with van der Waals surface area (Å²) in [4.78, 5) is 17.2. The van der Waals surface area contributed by atoms with Gasteiger partial charge in [-0.05, 0) is 48.0 Å². The molecule has 5 aromatic rings. The lowest BCUT2D eigenvalue weighted by Crippen LogP contribution is -2.20. The summed E-state index contributed by atoms with van der Waals surface area (Å²) >= 11 is 0. The van der Waals surface area contributed by atoms with Gasteiger partial charge in [0.1, 0.15) is 0 Å². The fourth-order valence-electron chi connectivity index (χ4n) is 4.70. The van der Waals surface area contributed by atoms with Gasteiger partial charge in [-0.25, -0.2) is 0 Å². The summed E-state index contributed by atoms with van der Waals surface area (Å²) in [6, 6.07) is 18.8. The highest BCUT2D eigenvalue weighted by Gasteiger charge is 2.15. The molecule has 0 spiro atoms. The minimum atomic E-state index is -0.269. The molecule has 204 valence electrons. The van der Waals surface area contributed by atoms with Crippen LogP contribution in [0.3, 0.4) is 0 Å². The molecule has 9 nitrogen and oxygen atoms in total. The van der Waals surface area contributed by atoms with Gasteiger partial charge in [0.15, 0.2) is 23.0 Å². The van der Waals surface area contributed by atoms with Crippen molar-refractivity contribution >= 4 is 33.8 Å². The number of para-hydroxylation sites is 1. The number of rotatable bonds is 9. The molecule has 9 heteroatoms. The van der Waals surface area contributed by atoms with E-state index < -0.39 is 0 Å². The number of pyridine rings is 1. The van der Waals surface area contributed by atoms with Crippen LogP contribution in [0.25, 0.3) is 33.6 Å². The number of nitrogens with zero attached hydrogens (tertiary/aromatic N) is 2. The van der Waals surface area contributed by atoms with Gasteiger partial charge < -0.3 is 33.9 Å². The molecule has 2 heterocycles. The highest BCUT2D eigenvalue weighted by Crippen LogP contribution is 2.38. The van der Waals surface area contributed by atoms with Crippen LogP contribution in [0.4, 0.5) is 0 Å². The molecule has 0 bridgehead atoms. The van der Waals surface area contributed by atoms with E-state index in [0.29, 0.717) is 28.7 Å². The lowest BCUT2D eigenvalue weighted by molar-refractivity contribution is -0.116. The summed E-state index contributed by atoms with van der Waals surface area (Å²) in [5.41, 5.74) is 4.16. The van der Waals surface area contributed by atoms with Gasteiger partial charge in [-0.2, -0.15) is 0 Å². The summed E-state index contributed by atoms with van der Waals surface area (Å²) in [7, 11) is 6.14. The topological polar surface area (TPSA) is 104 Å². The van der Waals surface area contributed by atoms with E-state index in [1.54, 1.807) is 50.8 Å². The molecule has 0 fully saturated rings. The molecular weight excluding hydrogens is 510 g/mol. The van der Waals surface area contributed by atoms with Gasteiger partial charge in [-0.3, -0.25) is 9.78 Å². The van der Waals surface area contributed by atoms with E-state index in [2.05, 4.69) is 14.9 Å². The lowest BCUT2D eigenvalue weighted by atomic mass is 10.1. The van der Waals surface area contributed by atoms with Crippen LogP contribution in [0.5, 0.6) is 28.7 Å². The van der Waals surface area contributed by atoms with Gasteiger partial charge >= 0.3 is 0 Å². The van der Waals surface area contributed by atoms with Crippen molar-refractivity contribution in [1.82, 2.24) is 14.9 Å². The van der Waals surface area contributed by atoms with E-state index in [1.807, 2.05) is 36.4 Å². The number of aromatic nitrogens is 2. The number of carbonyl (C=O) groups excluding carboxylic acids is 1. The first-order valence-electron chi connectivity index (χ1n) is 12.5. The van der Waals surface area contributed by atoms with Crippen molar-refractivity contribution in [3.05, 3.63) is 84.2 Å². The maximum atomic E-state index is 12.6. The molecule has 0 aliphatic heterocycles. The zero-order valence-electron chi connectivity index (χ0n) is 22.6. The normalized spacial score (nSPS) is 11.2. The molecule has 3 aromatic carbocycles. The molecule has 5 rings (SSSR count). The minimum Gasteiger partial charge on any atom is -0.504 e. The quantitative estimate of drug-likeness (QED) is 0.247. The van der Waals surface area contributed by atoms with Crippen molar-refractivity contribution in [1.29, 1.82) is 0 Å². The Kier molecular flexibility index (Phi) is 7.46. The van der Waals surface area contributed by atoms with Crippen LogP contribution in [-0.4, -0.2) is 49.0 Å². The standard InChI is InChI=1S/C31H29N3O6/c1-37-27-16-21(10-11-26(27)35)34-24-8-6-5-7-22(24)23-15-20(32-18-25(23)34)17-33-30(36)12-9-19-13-28(38-2)31(40-4)29(14-19)39-3/h5-16,18,35H,17H2,1-4H3,(H,33,36)/b12-9+. The SMILES string of the molecule is COc1cc(-n2c3ccccc3c3cc(CNC(=O)/C=C/c4cc(OC)c(OC)c(OC)c4)ncc32)ccc1O. The molecule has 2 N–H and O–H groups in total. The van der Waals surface area contributed by atoms with Crippen molar-refractivity contribution < 1.29 is 28.8 Å². The number of phenolic OH excluding ortho intramolecular Hbond substituents is 1. The van der Waals surface area contributed by atoms with E-state index in [1.165, 1.54) is 20.3 Å². The summed E-state index contributed by atoms with van der Waals surface area (Å²) in [5.74, 6) is 1.68. The van der Waals surface area contributed by atoms with E-state index in [-0.39, 0.29) is 18.2 Å². The molecule has 0 atom stereocenters. The lowest BCUT2D eigenvalue weighted by Gasteiger charge is -2.12. The number of nitrogens with one attached hydrogen (secondary N) is 1. The monoisotopic (exact) mass is 539 g/mol. The number of ether oxygens (including phenoxy) is 4. The van der Waals surface area contributed by atoms with Crippen LogP contribution >= 0.6 is 0 Å². The molecule has 0 aliphatic carbocycles. The number of aromatic hydroxyl groups is 1. The highest BCUT2D eigenvalue weighted by atomic mass is 16.5. The fourth-order valence-corrected chi connectivity index (χ4v) is 4.70. The zero-order chi connectivity index (χ0) is 28.2. The molecule has 40 heavy (non-hydrogen) atoms. The number of amides is 1. The second-order valence-electron chi connectivity index (χ2n) is 8.91. The molecule has 0 unspecified atom stereocenters. The van der Waals surface area contributed by atoms with Crippen LogP contribution in [0.1, 0.15) is 11.3 Å². The van der Waals surface area contributed by atoms with E-state index in [0.717, 1.165) is 33.1 Å². The van der Waals surface area contributed by atoms with Gasteiger partial charge in [-0.1, -0.05) is 18.2 Å². The molecule has 0 saturated carbocycles. The Hall–Kier alpha value is -5.18. The fraction of sp³-hybridized carbons (Fsp3) is 0.161. The maximum absolute atomic E-state index is 12.6. The number of methoxy groups -OCH3 is 4. The van der Waals surface area contributed by atoms with Crippen LogP contribution in [0.15, 0.2) is 72.9 Å². The highest BCUT2D eigenvalue weighted by molar-refractivity contribution is 6.09. The molecule has 0 saturated heterocycles. The number of hydrogen-bond acceptors (Lipinski definition) is 7. The predicted octanol–water partition coefficient (Wildman–Crippen LogP) is 5.25. The van der Waals surface area contributed by atoms with Gasteiger partial charge in [0.2, 0.25) is 11.7 Å². The summed E-state index contributed by atoms with van der Waals surface area (Å²) in [6.07, 6.45) is 4.92. The molecule has 1 amide bonds. The average Bonchev–Trinajstić information content (AvgIpc) is 3.32. The van der Waals surface area contributed by atoms with E-state index in [4.69, 9.17) is 18.9 Å². The number of benzene rings is 3. The van der Waals surface area contributed by atoms with Crippen LogP contribution in [0, 0.1) is 0 Å². The summed E-state index contributed by atoms with van der Waals surface area (Å²) in [5, 5.41) is 15.0. The zero-order valence-corrected chi connectivity index (χ0v) is 22.6. The van der Waals surface area contributed by atoms with Gasteiger partial charge in [0.25, 0.3) is 0 Å². The smallest absolute Gasteiger partial charge is 0.244 e. The van der Waals surface area contributed by atoms with Gasteiger partial charge in [-0.15, -0.1) is 0 Å². The van der Waals surface area contributed by atoms with Crippen LogP contribution in [-0.2, 0) is 11.3 Å². The predicted molar refractivity (Wildman–Crippen MR) is 154 cm³/mol. The molecule has 0 radical (unpaired) electrons. The number of fused-ring (bicyclic) bond motifs is 3. The average molecular weight is 540 g/mol. The number of phenols is 1. The largest absolute Gasteiger partial charge is 0.504 e. The van der Waals surface area contributed by atoms with Crippen molar-refractivity contribution in [2.45, 2.75) is 6.54 Å². The van der Waals surface area contributed by atoms with Crippen molar-refractivity contribution in [3.63, 3.8) is 0 Å².